The van der Waals surface area contributed by atoms with Crippen LogP contribution in [-0.4, -0.2) is 57.5 Å². The van der Waals surface area contributed by atoms with Crippen LogP contribution in [0.2, 0.25) is 0 Å². The first-order chi connectivity index (χ1) is 8.67. The van der Waals surface area contributed by atoms with Crippen LogP contribution in [0.25, 0.3) is 0 Å². The average Bonchev–Trinajstić information content (AvgIpc) is 2.30. The molecule has 0 saturated carbocycles. The summed E-state index contributed by atoms with van der Waals surface area (Å²) < 4.78 is 22.5. The van der Waals surface area contributed by atoms with Crippen LogP contribution in [-0.2, 0) is 9.84 Å². The van der Waals surface area contributed by atoms with Crippen molar-refractivity contribution >= 4 is 9.84 Å². The Morgan fingerprint density at radius 3 is 2.21 bits per heavy atom. The number of sulfone groups is 1. The third-order valence-electron chi connectivity index (χ3n) is 4.14. The fourth-order valence-electron chi connectivity index (χ4n) is 2.38. The molecule has 0 radical (unpaired) electrons. The Hall–Kier alpha value is -0.130. The second-order valence-electron chi connectivity index (χ2n) is 5.88. The molecule has 0 aromatic carbocycles. The van der Waals surface area contributed by atoms with Gasteiger partial charge in [0.25, 0.3) is 0 Å². The van der Waals surface area contributed by atoms with Crippen LogP contribution in [0.1, 0.15) is 46.5 Å². The standard InChI is InChI=1S/C14H32N2O2S/c1-7-11-15-13(10-9-12-19(6,17)18)14(3,8-2)16(4)5/h13,15H,7-12H2,1-6H3. The lowest BCUT2D eigenvalue weighted by atomic mass is 9.85. The van der Waals surface area contributed by atoms with Crippen LogP contribution in [0.5, 0.6) is 0 Å². The highest BCUT2D eigenvalue weighted by atomic mass is 32.2. The van der Waals surface area contributed by atoms with Gasteiger partial charge in [0.05, 0.1) is 0 Å². The SMILES string of the molecule is CCCNC(CCCS(C)(=O)=O)C(C)(CC)N(C)C. The highest BCUT2D eigenvalue weighted by Crippen LogP contribution is 2.24. The molecule has 5 heteroatoms. The highest BCUT2D eigenvalue weighted by molar-refractivity contribution is 7.90. The maximum atomic E-state index is 11.2. The second kappa shape index (κ2) is 8.22. The first-order valence-electron chi connectivity index (χ1n) is 7.26. The van der Waals surface area contributed by atoms with E-state index >= 15 is 0 Å². The molecule has 0 aliphatic heterocycles. The molecule has 116 valence electrons. The number of nitrogens with one attached hydrogen (secondary N) is 1. The van der Waals surface area contributed by atoms with Gasteiger partial charge in [-0.2, -0.15) is 0 Å². The van der Waals surface area contributed by atoms with Gasteiger partial charge in [-0.25, -0.2) is 8.42 Å². The number of nitrogens with zero attached hydrogens (tertiary/aromatic N) is 1. The van der Waals surface area contributed by atoms with E-state index in [-0.39, 0.29) is 11.3 Å². The van der Waals surface area contributed by atoms with Crippen LogP contribution in [0, 0.1) is 0 Å². The summed E-state index contributed by atoms with van der Waals surface area (Å²) in [6.07, 6.45) is 5.07. The molecular weight excluding hydrogens is 260 g/mol. The number of hydrogen-bond donors (Lipinski definition) is 1. The van der Waals surface area contributed by atoms with Gasteiger partial charge in [0.2, 0.25) is 0 Å². The Labute approximate surface area is 119 Å². The van der Waals surface area contributed by atoms with Crippen LogP contribution >= 0.6 is 0 Å². The minimum atomic E-state index is -2.85. The summed E-state index contributed by atoms with van der Waals surface area (Å²) in [5, 5.41) is 3.59. The van der Waals surface area contributed by atoms with Gasteiger partial charge >= 0.3 is 0 Å². The molecule has 0 rings (SSSR count). The summed E-state index contributed by atoms with van der Waals surface area (Å²) >= 11 is 0. The Balaban J connectivity index is 4.70. The van der Waals surface area contributed by atoms with Crippen molar-refractivity contribution in [3.05, 3.63) is 0 Å². The van der Waals surface area contributed by atoms with Crippen molar-refractivity contribution in [2.75, 3.05) is 32.6 Å². The number of rotatable bonds is 10. The quantitative estimate of drug-likeness (QED) is 0.668. The summed E-state index contributed by atoms with van der Waals surface area (Å²) in [5.74, 6) is 0.282. The molecule has 0 aromatic rings. The van der Waals surface area contributed by atoms with E-state index in [2.05, 4.69) is 45.1 Å². The molecular formula is C14H32N2O2S. The Morgan fingerprint density at radius 2 is 1.84 bits per heavy atom. The van der Waals surface area contributed by atoms with E-state index in [4.69, 9.17) is 0 Å². The van der Waals surface area contributed by atoms with E-state index in [0.717, 1.165) is 32.2 Å². The van der Waals surface area contributed by atoms with Crippen LogP contribution < -0.4 is 5.32 Å². The first-order valence-corrected chi connectivity index (χ1v) is 9.32. The maximum Gasteiger partial charge on any atom is 0.147 e. The average molecular weight is 292 g/mol. The molecule has 0 heterocycles. The zero-order valence-electron chi connectivity index (χ0n) is 13.5. The van der Waals surface area contributed by atoms with Gasteiger partial charge in [0.1, 0.15) is 9.84 Å². The lowest BCUT2D eigenvalue weighted by molar-refractivity contribution is 0.107. The van der Waals surface area contributed by atoms with E-state index in [1.54, 1.807) is 0 Å². The van der Waals surface area contributed by atoms with Gasteiger partial charge in [0.15, 0.2) is 0 Å². The monoisotopic (exact) mass is 292 g/mol. The predicted octanol–water partition coefficient (Wildman–Crippen LogP) is 1.91. The molecule has 2 atom stereocenters. The smallest absolute Gasteiger partial charge is 0.147 e. The Bertz CT molecular complexity index is 341. The predicted molar refractivity (Wildman–Crippen MR) is 83.4 cm³/mol. The van der Waals surface area contributed by atoms with Crippen molar-refractivity contribution in [3.63, 3.8) is 0 Å². The summed E-state index contributed by atoms with van der Waals surface area (Å²) in [5.41, 5.74) is 0.0622. The number of likely N-dealkylation sites (N-methyl/N-ethyl adjacent to an activating group) is 1. The van der Waals surface area contributed by atoms with Crippen molar-refractivity contribution in [2.45, 2.75) is 58.0 Å². The van der Waals surface area contributed by atoms with Crippen molar-refractivity contribution in [1.82, 2.24) is 10.2 Å². The first kappa shape index (κ1) is 18.9. The molecule has 19 heavy (non-hydrogen) atoms. The third kappa shape index (κ3) is 6.72. The molecule has 0 bridgehead atoms. The summed E-state index contributed by atoms with van der Waals surface area (Å²) in [6, 6.07) is 0.328. The van der Waals surface area contributed by atoms with Crippen LogP contribution in [0.4, 0.5) is 0 Å². The lowest BCUT2D eigenvalue weighted by Gasteiger charge is -2.43. The zero-order valence-corrected chi connectivity index (χ0v) is 14.3. The van der Waals surface area contributed by atoms with Crippen LogP contribution in [0.3, 0.4) is 0 Å². The van der Waals surface area contributed by atoms with E-state index in [9.17, 15) is 8.42 Å². The lowest BCUT2D eigenvalue weighted by Crippen LogP contribution is -2.57. The molecule has 1 N–H and O–H groups in total. The Kier molecular flexibility index (Phi) is 8.17. The largest absolute Gasteiger partial charge is 0.312 e. The van der Waals surface area contributed by atoms with Crippen molar-refractivity contribution in [2.24, 2.45) is 0 Å². The van der Waals surface area contributed by atoms with Gasteiger partial charge < -0.3 is 10.2 Å². The van der Waals surface area contributed by atoms with Gasteiger partial charge in [0, 0.05) is 23.6 Å². The van der Waals surface area contributed by atoms with Crippen molar-refractivity contribution in [1.29, 1.82) is 0 Å². The van der Waals surface area contributed by atoms with E-state index < -0.39 is 9.84 Å². The molecule has 2 unspecified atom stereocenters. The molecule has 4 nitrogen and oxygen atoms in total. The van der Waals surface area contributed by atoms with E-state index in [0.29, 0.717) is 6.04 Å². The minimum Gasteiger partial charge on any atom is -0.312 e. The molecule has 0 amide bonds. The molecule has 0 aliphatic carbocycles. The molecule has 0 fully saturated rings. The molecule has 0 aliphatic rings. The molecule has 0 spiro atoms. The van der Waals surface area contributed by atoms with Crippen molar-refractivity contribution in [3.8, 4) is 0 Å². The van der Waals surface area contributed by atoms with Gasteiger partial charge in [-0.15, -0.1) is 0 Å². The summed E-state index contributed by atoms with van der Waals surface area (Å²) in [7, 11) is 1.34. The second-order valence-corrected chi connectivity index (χ2v) is 8.14. The summed E-state index contributed by atoms with van der Waals surface area (Å²) in [4.78, 5) is 2.25. The highest BCUT2D eigenvalue weighted by Gasteiger charge is 2.33. The third-order valence-corrected chi connectivity index (χ3v) is 5.17. The normalized spacial score (nSPS) is 17.4. The minimum absolute atomic E-state index is 0.0622. The molecule has 0 saturated heterocycles. The fraction of sp³-hybridized carbons (Fsp3) is 1.00. The molecule has 0 aromatic heterocycles. The van der Waals surface area contributed by atoms with Gasteiger partial charge in [-0.1, -0.05) is 13.8 Å². The van der Waals surface area contributed by atoms with Crippen molar-refractivity contribution < 1.29 is 8.42 Å². The number of hydrogen-bond acceptors (Lipinski definition) is 4. The zero-order chi connectivity index (χ0) is 15.1. The van der Waals surface area contributed by atoms with Gasteiger partial charge in [-0.05, 0) is 53.2 Å². The Morgan fingerprint density at radius 1 is 1.26 bits per heavy atom. The maximum absolute atomic E-state index is 11.2. The fourth-order valence-corrected chi connectivity index (χ4v) is 3.07. The van der Waals surface area contributed by atoms with Crippen LogP contribution in [0.15, 0.2) is 0 Å². The van der Waals surface area contributed by atoms with E-state index in [1.807, 2.05) is 0 Å². The topological polar surface area (TPSA) is 49.4 Å². The summed E-state index contributed by atoms with van der Waals surface area (Å²) in [6.45, 7) is 7.57. The van der Waals surface area contributed by atoms with E-state index in [1.165, 1.54) is 6.26 Å². The van der Waals surface area contributed by atoms with Gasteiger partial charge in [-0.3, -0.25) is 0 Å².